The number of carbonyl (C=O) groups is 2. The molecule has 1 aliphatic heterocycles. The zero-order valence-corrected chi connectivity index (χ0v) is 21.3. The normalized spacial score (nSPS) is 15.3. The average Bonchev–Trinajstić information content (AvgIpc) is 3.53. The second kappa shape index (κ2) is 10.6. The molecule has 200 valence electrons. The number of ether oxygens (including phenoxy) is 2. The van der Waals surface area contributed by atoms with E-state index in [-0.39, 0.29) is 12.1 Å². The summed E-state index contributed by atoms with van der Waals surface area (Å²) in [6.07, 6.45) is -2.24. The van der Waals surface area contributed by atoms with Crippen LogP contribution in [0.25, 0.3) is 0 Å². The summed E-state index contributed by atoms with van der Waals surface area (Å²) in [6, 6.07) is 12.4. The molecule has 38 heavy (non-hydrogen) atoms. The molecule has 0 N–H and O–H groups in total. The Kier molecular flexibility index (Phi) is 7.47. The Balaban J connectivity index is 1.61. The van der Waals surface area contributed by atoms with E-state index in [2.05, 4.69) is 5.10 Å². The quantitative estimate of drug-likeness (QED) is 0.452. The Morgan fingerprint density at radius 3 is 2.37 bits per heavy atom. The van der Waals surface area contributed by atoms with Crippen molar-refractivity contribution in [1.29, 1.82) is 0 Å². The molecule has 1 atom stereocenters. The van der Waals surface area contributed by atoms with Crippen molar-refractivity contribution in [2.45, 2.75) is 18.6 Å². The van der Waals surface area contributed by atoms with Crippen LogP contribution in [0.15, 0.2) is 65.9 Å². The van der Waals surface area contributed by atoms with Crippen LogP contribution in [0.2, 0.25) is 0 Å². The molecule has 0 unspecified atom stereocenters. The van der Waals surface area contributed by atoms with Crippen LogP contribution in [0.1, 0.15) is 39.6 Å². The van der Waals surface area contributed by atoms with Crippen molar-refractivity contribution in [3.05, 3.63) is 83.2 Å². The number of amides is 2. The monoisotopic (exact) mass is 528 g/mol. The van der Waals surface area contributed by atoms with Crippen LogP contribution in [-0.4, -0.2) is 59.8 Å². The maximum absolute atomic E-state index is 13.5. The number of aromatic nitrogens is 1. The van der Waals surface area contributed by atoms with Crippen molar-refractivity contribution in [2.75, 3.05) is 27.8 Å². The highest BCUT2D eigenvalue weighted by Crippen LogP contribution is 2.39. The van der Waals surface area contributed by atoms with Gasteiger partial charge in [0.15, 0.2) is 0 Å². The number of alkyl halides is 3. The third-order valence-corrected chi connectivity index (χ3v) is 6.38. The molecule has 1 aromatic heterocycles. The highest BCUT2D eigenvalue weighted by atomic mass is 19.4. The first-order valence-electron chi connectivity index (χ1n) is 11.7. The molecule has 0 fully saturated rings. The lowest BCUT2D eigenvalue weighted by molar-refractivity contribution is -0.137. The number of benzene rings is 2. The fraction of sp³-hybridized carbons (Fsp3) is 0.296. The maximum atomic E-state index is 13.5. The highest BCUT2D eigenvalue weighted by Gasteiger charge is 2.36. The van der Waals surface area contributed by atoms with E-state index in [0.717, 1.165) is 34.9 Å². The van der Waals surface area contributed by atoms with E-state index in [1.165, 1.54) is 26.3 Å². The van der Waals surface area contributed by atoms with Crippen molar-refractivity contribution in [1.82, 2.24) is 14.5 Å². The van der Waals surface area contributed by atoms with Gasteiger partial charge in [-0.15, -0.1) is 0 Å². The molecule has 0 spiro atoms. The molecule has 2 heterocycles. The summed E-state index contributed by atoms with van der Waals surface area (Å²) in [7, 11) is 6.36. The SMILES string of the molecule is COc1ccc(OC)c([C@H]2CC(c3cccn3C)=NN2C(=O)CN(C)C(=O)c2ccc(C(F)(F)F)cc2)c1. The molecular formula is C27H27F3N4O4. The van der Waals surface area contributed by atoms with E-state index in [1.807, 2.05) is 29.9 Å². The first-order chi connectivity index (χ1) is 18.0. The minimum atomic E-state index is -4.51. The lowest BCUT2D eigenvalue weighted by Crippen LogP contribution is -2.39. The molecule has 0 aliphatic carbocycles. The van der Waals surface area contributed by atoms with Crippen LogP contribution < -0.4 is 9.47 Å². The molecule has 2 amide bonds. The van der Waals surface area contributed by atoms with Crippen molar-refractivity contribution in [2.24, 2.45) is 12.1 Å². The fourth-order valence-electron chi connectivity index (χ4n) is 4.37. The number of methoxy groups -OCH3 is 2. The predicted molar refractivity (Wildman–Crippen MR) is 134 cm³/mol. The zero-order valence-electron chi connectivity index (χ0n) is 21.3. The van der Waals surface area contributed by atoms with E-state index in [4.69, 9.17) is 9.47 Å². The van der Waals surface area contributed by atoms with Gasteiger partial charge in [-0.3, -0.25) is 9.59 Å². The Bertz CT molecular complexity index is 1370. The Morgan fingerprint density at radius 1 is 1.08 bits per heavy atom. The van der Waals surface area contributed by atoms with Gasteiger partial charge in [0.05, 0.1) is 37.2 Å². The van der Waals surface area contributed by atoms with Gasteiger partial charge in [0.25, 0.3) is 11.8 Å². The second-order valence-corrected chi connectivity index (χ2v) is 8.85. The molecule has 8 nitrogen and oxygen atoms in total. The number of halogens is 3. The minimum Gasteiger partial charge on any atom is -0.497 e. The van der Waals surface area contributed by atoms with Crippen LogP contribution in [0.5, 0.6) is 11.5 Å². The van der Waals surface area contributed by atoms with Crippen molar-refractivity contribution in [3.63, 3.8) is 0 Å². The van der Waals surface area contributed by atoms with Gasteiger partial charge in [-0.2, -0.15) is 18.3 Å². The van der Waals surface area contributed by atoms with Crippen molar-refractivity contribution >= 4 is 17.5 Å². The van der Waals surface area contributed by atoms with Gasteiger partial charge >= 0.3 is 6.18 Å². The number of hydrazone groups is 1. The summed E-state index contributed by atoms with van der Waals surface area (Å²) in [4.78, 5) is 27.6. The third-order valence-electron chi connectivity index (χ3n) is 6.38. The summed E-state index contributed by atoms with van der Waals surface area (Å²) in [5.74, 6) is 0.0708. The fourth-order valence-corrected chi connectivity index (χ4v) is 4.37. The number of rotatable bonds is 7. The van der Waals surface area contributed by atoms with E-state index < -0.39 is 29.6 Å². The minimum absolute atomic E-state index is 0.0359. The zero-order chi connectivity index (χ0) is 27.6. The third kappa shape index (κ3) is 5.36. The van der Waals surface area contributed by atoms with E-state index in [1.54, 1.807) is 18.2 Å². The van der Waals surface area contributed by atoms with Gasteiger partial charge in [-0.25, -0.2) is 5.01 Å². The number of aryl methyl sites for hydroxylation is 1. The van der Waals surface area contributed by atoms with Crippen LogP contribution in [0, 0.1) is 0 Å². The van der Waals surface area contributed by atoms with Gasteiger partial charge in [0, 0.05) is 37.8 Å². The molecule has 3 aromatic rings. The maximum Gasteiger partial charge on any atom is 0.416 e. The number of carbonyl (C=O) groups excluding carboxylic acids is 2. The lowest BCUT2D eigenvalue weighted by atomic mass is 9.99. The summed E-state index contributed by atoms with van der Waals surface area (Å²) < 4.78 is 51.5. The van der Waals surface area contributed by atoms with Gasteiger partial charge in [-0.1, -0.05) is 0 Å². The molecule has 11 heteroatoms. The van der Waals surface area contributed by atoms with Crippen LogP contribution in [-0.2, 0) is 18.0 Å². The van der Waals surface area contributed by atoms with Gasteiger partial charge in [-0.05, 0) is 54.6 Å². The van der Waals surface area contributed by atoms with Crippen molar-refractivity contribution in [3.8, 4) is 11.5 Å². The molecule has 0 saturated heterocycles. The molecule has 2 aromatic carbocycles. The predicted octanol–water partition coefficient (Wildman–Crippen LogP) is 4.51. The number of hydrogen-bond acceptors (Lipinski definition) is 5. The standard InChI is InChI=1S/C27H27F3N4O4/c1-32-13-5-6-22(32)21-15-23(20-14-19(37-3)11-12-24(20)38-4)34(31-21)25(35)16-33(2)26(36)17-7-9-18(10-8-17)27(28,29)30/h5-14,23H,15-16H2,1-4H3/t23-/m1/s1. The summed E-state index contributed by atoms with van der Waals surface area (Å²) in [5, 5.41) is 5.95. The topological polar surface area (TPSA) is 76.4 Å². The molecule has 0 radical (unpaired) electrons. The summed E-state index contributed by atoms with van der Waals surface area (Å²) in [6.45, 7) is -0.341. The van der Waals surface area contributed by atoms with Gasteiger partial charge < -0.3 is 18.9 Å². The molecule has 1 aliphatic rings. The van der Waals surface area contributed by atoms with Crippen LogP contribution >= 0.6 is 0 Å². The smallest absolute Gasteiger partial charge is 0.416 e. The number of likely N-dealkylation sites (N-methyl/N-ethyl adjacent to an activating group) is 1. The van der Waals surface area contributed by atoms with E-state index in [9.17, 15) is 22.8 Å². The van der Waals surface area contributed by atoms with Crippen LogP contribution in [0.3, 0.4) is 0 Å². The number of hydrogen-bond donors (Lipinski definition) is 0. The van der Waals surface area contributed by atoms with Gasteiger partial charge in [0.2, 0.25) is 0 Å². The summed E-state index contributed by atoms with van der Waals surface area (Å²) >= 11 is 0. The van der Waals surface area contributed by atoms with Crippen LogP contribution in [0.4, 0.5) is 13.2 Å². The average molecular weight is 529 g/mol. The Morgan fingerprint density at radius 2 is 1.79 bits per heavy atom. The first-order valence-corrected chi connectivity index (χ1v) is 11.7. The molecule has 0 bridgehead atoms. The highest BCUT2D eigenvalue weighted by molar-refractivity contribution is 6.03. The Labute approximate surface area is 217 Å². The summed E-state index contributed by atoms with van der Waals surface area (Å²) in [5.41, 5.74) is 1.37. The van der Waals surface area contributed by atoms with E-state index in [0.29, 0.717) is 29.2 Å². The molecular weight excluding hydrogens is 501 g/mol. The molecule has 4 rings (SSSR count). The van der Waals surface area contributed by atoms with Gasteiger partial charge in [0.1, 0.15) is 18.0 Å². The lowest BCUT2D eigenvalue weighted by Gasteiger charge is -2.26. The first kappa shape index (κ1) is 26.8. The largest absolute Gasteiger partial charge is 0.497 e. The van der Waals surface area contributed by atoms with E-state index >= 15 is 0 Å². The molecule has 0 saturated carbocycles. The Hall–Kier alpha value is -4.28. The second-order valence-electron chi connectivity index (χ2n) is 8.85. The number of nitrogens with zero attached hydrogens (tertiary/aromatic N) is 4. The van der Waals surface area contributed by atoms with Crippen molar-refractivity contribution < 1.29 is 32.2 Å².